The quantitative estimate of drug-likeness (QED) is 0.267. The lowest BCUT2D eigenvalue weighted by atomic mass is 9.57. The third-order valence-corrected chi connectivity index (χ3v) is 10.9. The molecule has 2 bridgehead atoms. The summed E-state index contributed by atoms with van der Waals surface area (Å²) in [4.78, 5) is 29.9. The second-order valence-electron chi connectivity index (χ2n) is 15.6. The summed E-state index contributed by atoms with van der Waals surface area (Å²) in [7, 11) is 0. The van der Waals surface area contributed by atoms with Crippen LogP contribution in [0.15, 0.2) is 60.7 Å². The minimum atomic E-state index is -0.541. The van der Waals surface area contributed by atoms with Crippen LogP contribution >= 0.6 is 0 Å². The van der Waals surface area contributed by atoms with Crippen molar-refractivity contribution in [2.45, 2.75) is 115 Å². The van der Waals surface area contributed by atoms with Gasteiger partial charge < -0.3 is 24.3 Å². The number of rotatable bonds is 9. The van der Waals surface area contributed by atoms with Crippen LogP contribution in [-0.4, -0.2) is 74.1 Å². The summed E-state index contributed by atoms with van der Waals surface area (Å²) in [6.07, 6.45) is 6.93. The zero-order valence-corrected chi connectivity index (χ0v) is 28.8. The van der Waals surface area contributed by atoms with Crippen LogP contribution in [0.2, 0.25) is 0 Å². The van der Waals surface area contributed by atoms with Crippen molar-refractivity contribution in [2.75, 3.05) is 19.6 Å². The molecule has 256 valence electrons. The molecule has 4 fully saturated rings. The average molecular weight is 655 g/mol. The molecule has 2 aromatic carbocycles. The molecule has 7 rings (SSSR count). The lowest BCUT2D eigenvalue weighted by Crippen LogP contribution is -2.63. The van der Waals surface area contributed by atoms with E-state index >= 15 is 0 Å². The SMILES string of the molecule is Cc1nnc(C2CC3(C2)CN(C(=O)OCc2ccccc2)C3)n1C1CC2CCC(C1)N2CC[C@H](NC(=O)OC(C)(C)C)c1ccccc1. The Morgan fingerprint density at radius 2 is 1.58 bits per heavy atom. The molecule has 0 radical (unpaired) electrons. The molecule has 10 heteroatoms. The molecule has 1 aliphatic carbocycles. The molecule has 4 heterocycles. The molecule has 10 nitrogen and oxygen atoms in total. The molecule has 3 aliphatic heterocycles. The molecule has 1 spiro atoms. The summed E-state index contributed by atoms with van der Waals surface area (Å²) >= 11 is 0. The number of fused-ring (bicyclic) bond motifs is 2. The van der Waals surface area contributed by atoms with Crippen LogP contribution in [0.5, 0.6) is 0 Å². The fourth-order valence-electron chi connectivity index (χ4n) is 8.80. The van der Waals surface area contributed by atoms with Crippen molar-refractivity contribution in [3.05, 3.63) is 83.4 Å². The highest BCUT2D eigenvalue weighted by atomic mass is 16.6. The van der Waals surface area contributed by atoms with Gasteiger partial charge >= 0.3 is 12.2 Å². The van der Waals surface area contributed by atoms with E-state index < -0.39 is 5.60 Å². The molecule has 2 amide bonds. The molecule has 1 saturated carbocycles. The first-order chi connectivity index (χ1) is 23.1. The summed E-state index contributed by atoms with van der Waals surface area (Å²) in [5.41, 5.74) is 1.75. The number of benzene rings is 2. The highest BCUT2D eigenvalue weighted by Gasteiger charge is 2.56. The number of aryl methyl sites for hydroxylation is 1. The van der Waals surface area contributed by atoms with E-state index in [-0.39, 0.29) is 23.6 Å². The Labute approximate surface area is 284 Å². The van der Waals surface area contributed by atoms with Gasteiger partial charge in [0.25, 0.3) is 0 Å². The van der Waals surface area contributed by atoms with Gasteiger partial charge in [-0.25, -0.2) is 9.59 Å². The number of nitrogens with zero attached hydrogens (tertiary/aromatic N) is 5. The first-order valence-electron chi connectivity index (χ1n) is 17.7. The van der Waals surface area contributed by atoms with Gasteiger partial charge in [0, 0.05) is 49.1 Å². The maximum Gasteiger partial charge on any atom is 0.410 e. The normalized spacial score (nSPS) is 24.1. The van der Waals surface area contributed by atoms with Crippen molar-refractivity contribution in [1.29, 1.82) is 0 Å². The maximum absolute atomic E-state index is 12.8. The number of nitrogens with one attached hydrogen (secondary N) is 1. The molecule has 3 atom stereocenters. The number of alkyl carbamates (subject to hydrolysis) is 1. The van der Waals surface area contributed by atoms with Gasteiger partial charge in [-0.3, -0.25) is 4.90 Å². The highest BCUT2D eigenvalue weighted by molar-refractivity contribution is 5.69. The molecule has 3 saturated heterocycles. The van der Waals surface area contributed by atoms with E-state index in [0.29, 0.717) is 30.7 Å². The monoisotopic (exact) mass is 654 g/mol. The van der Waals surface area contributed by atoms with Crippen molar-refractivity contribution in [3.63, 3.8) is 0 Å². The fourth-order valence-corrected chi connectivity index (χ4v) is 8.80. The second-order valence-corrected chi connectivity index (χ2v) is 15.6. The molecule has 48 heavy (non-hydrogen) atoms. The van der Waals surface area contributed by atoms with Crippen molar-refractivity contribution < 1.29 is 19.1 Å². The van der Waals surface area contributed by atoms with Crippen LogP contribution in [0, 0.1) is 12.3 Å². The fraction of sp³-hybridized carbons (Fsp3) is 0.579. The van der Waals surface area contributed by atoms with Crippen LogP contribution in [0.25, 0.3) is 0 Å². The Morgan fingerprint density at radius 1 is 0.938 bits per heavy atom. The minimum absolute atomic E-state index is 0.107. The highest BCUT2D eigenvalue weighted by Crippen LogP contribution is 2.56. The lowest BCUT2D eigenvalue weighted by Gasteiger charge is -2.58. The summed E-state index contributed by atoms with van der Waals surface area (Å²) in [6.45, 7) is 10.5. The Balaban J connectivity index is 0.934. The van der Waals surface area contributed by atoms with Gasteiger partial charge in [-0.05, 0) is 83.8 Å². The Bertz CT molecular complexity index is 1560. The van der Waals surface area contributed by atoms with Crippen LogP contribution in [0.1, 0.15) is 106 Å². The molecule has 3 aromatic rings. The van der Waals surface area contributed by atoms with Gasteiger partial charge in [-0.15, -0.1) is 10.2 Å². The second kappa shape index (κ2) is 13.2. The zero-order valence-electron chi connectivity index (χ0n) is 28.8. The Kier molecular flexibility index (Phi) is 8.96. The number of hydrogen-bond acceptors (Lipinski definition) is 7. The number of hydrogen-bond donors (Lipinski definition) is 1. The average Bonchev–Trinajstić information content (AvgIpc) is 3.51. The van der Waals surface area contributed by atoms with E-state index in [1.165, 1.54) is 12.8 Å². The molecule has 2 unspecified atom stereocenters. The van der Waals surface area contributed by atoms with Gasteiger partial charge in [0.15, 0.2) is 0 Å². The van der Waals surface area contributed by atoms with Crippen LogP contribution in [0.3, 0.4) is 0 Å². The summed E-state index contributed by atoms with van der Waals surface area (Å²) < 4.78 is 13.6. The Hall–Kier alpha value is -3.92. The minimum Gasteiger partial charge on any atom is -0.445 e. The third kappa shape index (κ3) is 6.95. The van der Waals surface area contributed by atoms with Crippen molar-refractivity contribution >= 4 is 12.2 Å². The van der Waals surface area contributed by atoms with Crippen molar-refractivity contribution in [3.8, 4) is 0 Å². The number of aromatic nitrogens is 3. The molecule has 1 aromatic heterocycles. The smallest absolute Gasteiger partial charge is 0.410 e. The lowest BCUT2D eigenvalue weighted by molar-refractivity contribution is -0.0684. The van der Waals surface area contributed by atoms with E-state index in [0.717, 1.165) is 74.5 Å². The van der Waals surface area contributed by atoms with Crippen LogP contribution in [0.4, 0.5) is 9.59 Å². The number of piperidine rings is 1. The van der Waals surface area contributed by atoms with Crippen molar-refractivity contribution in [2.24, 2.45) is 5.41 Å². The maximum atomic E-state index is 12.8. The van der Waals surface area contributed by atoms with Gasteiger partial charge in [0.05, 0.1) is 6.04 Å². The molecular formula is C38H50N6O4. The van der Waals surface area contributed by atoms with Gasteiger partial charge in [-0.2, -0.15) is 0 Å². The topological polar surface area (TPSA) is 102 Å². The van der Waals surface area contributed by atoms with E-state index in [2.05, 4.69) is 38.9 Å². The first-order valence-corrected chi connectivity index (χ1v) is 17.7. The van der Waals surface area contributed by atoms with E-state index in [9.17, 15) is 9.59 Å². The predicted molar refractivity (Wildman–Crippen MR) is 182 cm³/mol. The van der Waals surface area contributed by atoms with E-state index in [1.54, 1.807) is 0 Å². The molecule has 4 aliphatic rings. The molecule has 1 N–H and O–H groups in total. The summed E-state index contributed by atoms with van der Waals surface area (Å²) in [6, 6.07) is 21.4. The zero-order chi connectivity index (χ0) is 33.5. The van der Waals surface area contributed by atoms with E-state index in [1.807, 2.05) is 74.2 Å². The van der Waals surface area contributed by atoms with Crippen LogP contribution < -0.4 is 5.32 Å². The van der Waals surface area contributed by atoms with Crippen molar-refractivity contribution in [1.82, 2.24) is 29.9 Å². The Morgan fingerprint density at radius 3 is 2.23 bits per heavy atom. The third-order valence-electron chi connectivity index (χ3n) is 10.9. The first kappa shape index (κ1) is 32.6. The van der Waals surface area contributed by atoms with Gasteiger partial charge in [0.2, 0.25) is 0 Å². The number of carbonyl (C=O) groups excluding carboxylic acids is 2. The van der Waals surface area contributed by atoms with Gasteiger partial charge in [-0.1, -0.05) is 60.7 Å². The largest absolute Gasteiger partial charge is 0.445 e. The number of carbonyl (C=O) groups is 2. The number of ether oxygens (including phenoxy) is 2. The standard InChI is InChI=1S/C38H50N6O4/c1-26-40-41-34(29-21-38(22-29)24-42(25-38)36(46)47-23-27-11-7-5-8-12-27)44(26)32-19-30-15-16-31(20-32)43(30)18-17-33(28-13-9-6-10-14-28)39-35(45)48-37(2,3)4/h5-14,29-33H,15-25H2,1-4H3,(H,39,45)/t30?,31?,32?,33-/m0/s1. The predicted octanol–water partition coefficient (Wildman–Crippen LogP) is 6.93. The van der Waals surface area contributed by atoms with E-state index in [4.69, 9.17) is 14.6 Å². The summed E-state index contributed by atoms with van der Waals surface area (Å²) in [5, 5.41) is 12.5. The van der Waals surface area contributed by atoms with Crippen LogP contribution in [-0.2, 0) is 16.1 Å². The number of amides is 2. The summed E-state index contributed by atoms with van der Waals surface area (Å²) in [5.74, 6) is 2.52. The van der Waals surface area contributed by atoms with Gasteiger partial charge in [0.1, 0.15) is 23.9 Å². The number of likely N-dealkylation sites (tertiary alicyclic amines) is 1. The molecular weight excluding hydrogens is 604 g/mol.